The van der Waals surface area contributed by atoms with Crippen molar-refractivity contribution >= 4 is 46.0 Å². The van der Waals surface area contributed by atoms with Crippen molar-refractivity contribution in [1.82, 2.24) is 25.3 Å². The van der Waals surface area contributed by atoms with E-state index in [2.05, 4.69) is 46.8 Å². The molecule has 1 aliphatic heterocycles. The fourth-order valence-electron chi connectivity index (χ4n) is 8.36. The fraction of sp³-hybridized carbons (Fsp3) is 0.386. The second-order valence-corrected chi connectivity index (χ2v) is 15.9. The molecule has 0 bridgehead atoms. The Balaban J connectivity index is 1.07. The monoisotopic (exact) mass is 797 g/mol. The third kappa shape index (κ3) is 8.84. The number of amides is 1. The van der Waals surface area contributed by atoms with Gasteiger partial charge in [0.05, 0.1) is 37.5 Å². The summed E-state index contributed by atoms with van der Waals surface area (Å²) in [5.74, 6) is 1.21. The predicted molar refractivity (Wildman–Crippen MR) is 222 cm³/mol. The minimum Gasteiger partial charge on any atom is -0.496 e. The predicted octanol–water partition coefficient (Wildman–Crippen LogP) is 8.58. The number of ether oxygens (including phenoxy) is 2. The number of methoxy groups -OCH3 is 2. The molecule has 3 N–H and O–H groups in total. The number of hydrogen-bond acceptors (Lipinski definition) is 7. The number of carbonyl (C=O) groups excluding carboxylic acids is 1. The van der Waals surface area contributed by atoms with Gasteiger partial charge in [-0.1, -0.05) is 65.7 Å². The molecule has 1 aromatic heterocycles. The molecule has 1 saturated carbocycles. The number of aromatic nitrogens is 2. The Kier molecular flexibility index (Phi) is 12.5. The smallest absolute Gasteiger partial charge is 0.303 e. The van der Waals surface area contributed by atoms with Crippen molar-refractivity contribution in [3.63, 3.8) is 0 Å². The van der Waals surface area contributed by atoms with Gasteiger partial charge >= 0.3 is 5.97 Å². The van der Waals surface area contributed by atoms with E-state index in [0.717, 1.165) is 93.5 Å². The van der Waals surface area contributed by atoms with Crippen molar-refractivity contribution in [3.05, 3.63) is 99.7 Å². The fourth-order valence-corrected chi connectivity index (χ4v) is 8.95. The first-order chi connectivity index (χ1) is 27.1. The van der Waals surface area contributed by atoms with Crippen LogP contribution in [0.3, 0.4) is 0 Å². The summed E-state index contributed by atoms with van der Waals surface area (Å²) in [6.07, 6.45) is 7.41. The number of fused-ring (bicyclic) bond motifs is 1. The van der Waals surface area contributed by atoms with E-state index in [1.807, 2.05) is 53.3 Å². The highest BCUT2D eigenvalue weighted by Crippen LogP contribution is 2.41. The summed E-state index contributed by atoms with van der Waals surface area (Å²) in [5.41, 5.74) is 7.62. The van der Waals surface area contributed by atoms with Crippen molar-refractivity contribution in [2.24, 2.45) is 5.92 Å². The molecule has 56 heavy (non-hydrogen) atoms. The first-order valence-electron chi connectivity index (χ1n) is 19.3. The van der Waals surface area contributed by atoms with E-state index in [4.69, 9.17) is 37.8 Å². The molecular formula is C44H49Cl2N5O5. The van der Waals surface area contributed by atoms with Crippen LogP contribution in [0.2, 0.25) is 10.0 Å². The lowest BCUT2D eigenvalue weighted by atomic mass is 9.83. The maximum atomic E-state index is 11.6. The molecule has 1 amide bonds. The molecule has 12 heteroatoms. The number of rotatable bonds is 15. The third-order valence-electron chi connectivity index (χ3n) is 11.5. The minimum absolute atomic E-state index is 0.113. The van der Waals surface area contributed by atoms with Crippen LogP contribution < -0.4 is 20.1 Å². The van der Waals surface area contributed by atoms with Gasteiger partial charge in [-0.25, -0.2) is 0 Å². The van der Waals surface area contributed by atoms with E-state index in [9.17, 15) is 14.7 Å². The zero-order chi connectivity index (χ0) is 39.3. The van der Waals surface area contributed by atoms with Gasteiger partial charge in [0.15, 0.2) is 0 Å². The highest BCUT2D eigenvalue weighted by Gasteiger charge is 2.26. The average molecular weight is 799 g/mol. The largest absolute Gasteiger partial charge is 0.496 e. The van der Waals surface area contributed by atoms with Gasteiger partial charge < -0.3 is 25.2 Å². The maximum absolute atomic E-state index is 11.6. The molecule has 294 valence electrons. The Hall–Kier alpha value is -4.61. The van der Waals surface area contributed by atoms with Crippen molar-refractivity contribution in [3.8, 4) is 33.8 Å². The van der Waals surface area contributed by atoms with Crippen LogP contribution in [0.5, 0.6) is 11.5 Å². The number of nitrogens with zero attached hydrogens (tertiary/aromatic N) is 3. The minimum atomic E-state index is -0.710. The topological polar surface area (TPSA) is 118 Å². The Labute approximate surface area is 338 Å². The van der Waals surface area contributed by atoms with E-state index in [0.29, 0.717) is 48.7 Å². The Morgan fingerprint density at radius 2 is 1.66 bits per heavy atom. The van der Waals surface area contributed by atoms with E-state index < -0.39 is 5.97 Å². The van der Waals surface area contributed by atoms with Crippen molar-refractivity contribution in [1.29, 1.82) is 0 Å². The molecule has 0 unspecified atom stereocenters. The second-order valence-electron chi connectivity index (χ2n) is 15.1. The molecule has 0 spiro atoms. The molecule has 1 aliphatic carbocycles. The highest BCUT2D eigenvalue weighted by molar-refractivity contribution is 6.36. The van der Waals surface area contributed by atoms with Crippen LogP contribution in [-0.4, -0.2) is 71.6 Å². The summed E-state index contributed by atoms with van der Waals surface area (Å²) in [6.45, 7) is 2.46. The summed E-state index contributed by atoms with van der Waals surface area (Å²) in [7, 11) is 5.48. The quantitative estimate of drug-likeness (QED) is 0.0965. The van der Waals surface area contributed by atoms with Crippen LogP contribution >= 0.6 is 23.2 Å². The van der Waals surface area contributed by atoms with E-state index >= 15 is 0 Å². The summed E-state index contributed by atoms with van der Waals surface area (Å²) < 4.78 is 13.6. The Morgan fingerprint density at radius 3 is 2.39 bits per heavy atom. The van der Waals surface area contributed by atoms with Crippen LogP contribution in [0.15, 0.2) is 72.9 Å². The molecule has 4 aromatic carbocycles. The Bertz CT molecular complexity index is 2220. The number of nitrogens with one attached hydrogen (secondary N) is 2. The van der Waals surface area contributed by atoms with E-state index in [-0.39, 0.29) is 24.3 Å². The summed E-state index contributed by atoms with van der Waals surface area (Å²) in [6, 6.07) is 22.9. The number of aliphatic carboxylic acids is 1. The molecule has 1 saturated heterocycles. The summed E-state index contributed by atoms with van der Waals surface area (Å²) >= 11 is 14.2. The van der Waals surface area contributed by atoms with Gasteiger partial charge in [0.25, 0.3) is 0 Å². The SMILES string of the molecule is COc1cc(-c2cccc(-c3cccc4c3cnn4Cc3cc(OC)c(CN(C)[C@H]4CC[C@H](CC(=O)O)CC4)cc3Cl)c2Cl)ccc1CNC[C@@H]1CCC(=O)N1. The molecule has 5 aromatic rings. The van der Waals surface area contributed by atoms with Gasteiger partial charge in [-0.15, -0.1) is 0 Å². The number of carbonyl (C=O) groups is 2. The van der Waals surface area contributed by atoms with Gasteiger partial charge in [0.2, 0.25) is 5.91 Å². The first kappa shape index (κ1) is 39.6. The Morgan fingerprint density at radius 1 is 0.929 bits per heavy atom. The van der Waals surface area contributed by atoms with Crippen LogP contribution in [0.1, 0.15) is 61.6 Å². The van der Waals surface area contributed by atoms with Gasteiger partial charge in [0.1, 0.15) is 11.5 Å². The van der Waals surface area contributed by atoms with Gasteiger partial charge in [-0.2, -0.15) is 5.10 Å². The number of hydrogen-bond donors (Lipinski definition) is 3. The maximum Gasteiger partial charge on any atom is 0.303 e. The van der Waals surface area contributed by atoms with Crippen molar-refractivity contribution in [2.75, 3.05) is 27.8 Å². The molecule has 7 rings (SSSR count). The second kappa shape index (κ2) is 17.7. The molecule has 2 aliphatic rings. The summed E-state index contributed by atoms with van der Waals surface area (Å²) in [5, 5.41) is 22.7. The van der Waals surface area contributed by atoms with E-state index in [1.54, 1.807) is 14.2 Å². The van der Waals surface area contributed by atoms with Crippen LogP contribution in [-0.2, 0) is 29.2 Å². The molecular weight excluding hydrogens is 749 g/mol. The van der Waals surface area contributed by atoms with Gasteiger partial charge in [0, 0.05) is 77.2 Å². The lowest BCUT2D eigenvalue weighted by Crippen LogP contribution is -2.35. The number of halogens is 2. The number of carboxylic acid groups (broad SMARTS) is 1. The lowest BCUT2D eigenvalue weighted by Gasteiger charge is -2.34. The van der Waals surface area contributed by atoms with Crippen LogP contribution in [0.4, 0.5) is 0 Å². The van der Waals surface area contributed by atoms with Gasteiger partial charge in [-0.05, 0) is 86.0 Å². The third-order valence-corrected chi connectivity index (χ3v) is 12.2. The van der Waals surface area contributed by atoms with Crippen molar-refractivity contribution in [2.45, 2.75) is 76.7 Å². The zero-order valence-electron chi connectivity index (χ0n) is 32.1. The van der Waals surface area contributed by atoms with Crippen LogP contribution in [0.25, 0.3) is 33.2 Å². The average Bonchev–Trinajstić information content (AvgIpc) is 3.81. The summed E-state index contributed by atoms with van der Waals surface area (Å²) in [4.78, 5) is 25.1. The lowest BCUT2D eigenvalue weighted by molar-refractivity contribution is -0.138. The van der Waals surface area contributed by atoms with E-state index in [1.165, 1.54) is 0 Å². The number of benzene rings is 4. The molecule has 1 atom stereocenters. The van der Waals surface area contributed by atoms with Crippen molar-refractivity contribution < 1.29 is 24.2 Å². The van der Waals surface area contributed by atoms with Gasteiger partial charge in [-0.3, -0.25) is 19.2 Å². The standard InChI is InChI=1S/C44H49Cl2N5O5/c1-50(33-15-10-27(11-16-33)18-43(53)54)25-31-19-38(45)30(21-41(31)56-3)26-51-39-9-5-7-35(37(39)24-48-51)36-8-4-6-34(44(36)46)28-12-13-29(40(20-28)55-2)22-47-23-32-14-17-42(52)49-32/h4-9,12-13,19-21,24,27,32-33,47H,10-11,14-18,22-23,25-26H2,1-3H3,(H,49,52)(H,53,54)/t27-,32-,33-/m0/s1. The zero-order valence-corrected chi connectivity index (χ0v) is 33.6. The highest BCUT2D eigenvalue weighted by atomic mass is 35.5. The molecule has 0 radical (unpaired) electrons. The molecule has 2 fully saturated rings. The normalized spacial score (nSPS) is 18.4. The number of carboxylic acids is 1. The van der Waals surface area contributed by atoms with Crippen LogP contribution in [0, 0.1) is 5.92 Å². The molecule has 2 heterocycles. The molecule has 10 nitrogen and oxygen atoms in total. The first-order valence-corrected chi connectivity index (χ1v) is 20.1.